The lowest BCUT2D eigenvalue weighted by Crippen LogP contribution is -2.48. The number of rotatable bonds is 4. The fraction of sp³-hybridized carbons (Fsp3) is 0.250. The summed E-state index contributed by atoms with van der Waals surface area (Å²) in [7, 11) is 0. The molecule has 0 N–H and O–H groups in total. The van der Waals surface area contributed by atoms with Gasteiger partial charge in [0.15, 0.2) is 4.96 Å². The van der Waals surface area contributed by atoms with Crippen molar-refractivity contribution in [1.82, 2.24) is 24.2 Å². The van der Waals surface area contributed by atoms with Crippen molar-refractivity contribution in [3.8, 4) is 11.3 Å². The molecule has 0 unspecified atom stereocenters. The van der Waals surface area contributed by atoms with Crippen LogP contribution in [0, 0.1) is 6.92 Å². The second-order valence-corrected chi connectivity index (χ2v) is 8.78. The van der Waals surface area contributed by atoms with E-state index < -0.39 is 0 Å². The Kier molecular flexibility index (Phi) is 5.55. The zero-order chi connectivity index (χ0) is 22.1. The number of carbonyl (C=O) groups is 1. The largest absolute Gasteiger partial charge is 0.336 e. The van der Waals surface area contributed by atoms with E-state index in [1.54, 1.807) is 16.7 Å². The van der Waals surface area contributed by atoms with E-state index in [2.05, 4.69) is 14.9 Å². The molecule has 8 heteroatoms. The van der Waals surface area contributed by atoms with Crippen molar-refractivity contribution < 1.29 is 4.79 Å². The predicted molar refractivity (Wildman–Crippen MR) is 125 cm³/mol. The van der Waals surface area contributed by atoms with Crippen molar-refractivity contribution in [3.05, 3.63) is 87.4 Å². The highest BCUT2D eigenvalue weighted by atomic mass is 32.1. The first-order valence-corrected chi connectivity index (χ1v) is 11.5. The van der Waals surface area contributed by atoms with Crippen molar-refractivity contribution in [2.45, 2.75) is 13.5 Å². The lowest BCUT2D eigenvalue weighted by molar-refractivity contribution is 0.0626. The number of hydrogen-bond donors (Lipinski definition) is 0. The van der Waals surface area contributed by atoms with Gasteiger partial charge in [0.05, 0.1) is 22.6 Å². The van der Waals surface area contributed by atoms with E-state index in [9.17, 15) is 9.59 Å². The molecule has 5 rings (SSSR count). The number of benzene rings is 1. The average molecular weight is 446 g/mol. The van der Waals surface area contributed by atoms with E-state index in [0.717, 1.165) is 35.7 Å². The number of carbonyl (C=O) groups excluding carboxylic acids is 1. The Morgan fingerprint density at radius 2 is 1.81 bits per heavy atom. The van der Waals surface area contributed by atoms with Crippen LogP contribution in [-0.2, 0) is 6.54 Å². The third kappa shape index (κ3) is 4.06. The highest BCUT2D eigenvalue weighted by molar-refractivity contribution is 7.15. The van der Waals surface area contributed by atoms with Gasteiger partial charge in [-0.2, -0.15) is 0 Å². The maximum atomic E-state index is 13.1. The lowest BCUT2D eigenvalue weighted by atomic mass is 10.1. The van der Waals surface area contributed by atoms with Gasteiger partial charge in [0.25, 0.3) is 11.5 Å². The fourth-order valence-corrected chi connectivity index (χ4v) is 4.77. The predicted octanol–water partition coefficient (Wildman–Crippen LogP) is 3.08. The van der Waals surface area contributed by atoms with Crippen molar-refractivity contribution in [2.75, 3.05) is 26.2 Å². The maximum absolute atomic E-state index is 13.1. The molecular weight excluding hydrogens is 422 g/mol. The van der Waals surface area contributed by atoms with Gasteiger partial charge in [-0.1, -0.05) is 30.3 Å². The van der Waals surface area contributed by atoms with E-state index in [4.69, 9.17) is 0 Å². The summed E-state index contributed by atoms with van der Waals surface area (Å²) in [6, 6.07) is 15.4. The van der Waals surface area contributed by atoms with Crippen molar-refractivity contribution in [2.24, 2.45) is 0 Å². The van der Waals surface area contributed by atoms with Crippen molar-refractivity contribution in [1.29, 1.82) is 0 Å². The molecule has 0 atom stereocenters. The summed E-state index contributed by atoms with van der Waals surface area (Å²) in [5.74, 6) is 0.0191. The zero-order valence-corrected chi connectivity index (χ0v) is 18.6. The highest BCUT2D eigenvalue weighted by Gasteiger charge is 2.24. The van der Waals surface area contributed by atoms with Crippen LogP contribution in [-0.4, -0.2) is 56.3 Å². The number of nitrogens with zero attached hydrogens (tertiary/aromatic N) is 5. The molecule has 0 bridgehead atoms. The molecule has 4 aromatic rings. The minimum absolute atomic E-state index is 0.0191. The van der Waals surface area contributed by atoms with E-state index >= 15 is 0 Å². The van der Waals surface area contributed by atoms with Crippen LogP contribution < -0.4 is 5.56 Å². The quantitative estimate of drug-likeness (QED) is 0.483. The first kappa shape index (κ1) is 20.5. The summed E-state index contributed by atoms with van der Waals surface area (Å²) in [6.45, 7) is 5.26. The first-order chi connectivity index (χ1) is 15.6. The number of aryl methyl sites for hydroxylation is 1. The second-order valence-electron chi connectivity index (χ2n) is 7.91. The fourth-order valence-electron chi connectivity index (χ4n) is 4.03. The molecule has 0 spiro atoms. The van der Waals surface area contributed by atoms with Crippen LogP contribution in [0.4, 0.5) is 0 Å². The molecule has 1 fully saturated rings. The van der Waals surface area contributed by atoms with Gasteiger partial charge >= 0.3 is 0 Å². The molecule has 1 aromatic carbocycles. The number of amides is 1. The summed E-state index contributed by atoms with van der Waals surface area (Å²) in [4.78, 5) is 39.4. The average Bonchev–Trinajstić information content (AvgIpc) is 3.29. The number of fused-ring (bicyclic) bond motifs is 1. The van der Waals surface area contributed by atoms with Crippen molar-refractivity contribution in [3.63, 3.8) is 0 Å². The van der Waals surface area contributed by atoms with Gasteiger partial charge in [-0.15, -0.1) is 11.3 Å². The number of aromatic nitrogens is 3. The number of thiazole rings is 1. The molecule has 1 amide bonds. The van der Waals surface area contributed by atoms with Gasteiger partial charge in [-0.05, 0) is 19.1 Å². The standard InChI is InChI=1S/C24H23N5O2S/c1-17-20(7-8-21(25-17)18-5-3-2-4-6-18)23(31)28-11-9-27(10-12-28)16-19-15-22(30)29-13-14-32-24(29)26-19/h2-8,13-15H,9-12,16H2,1H3. The maximum Gasteiger partial charge on any atom is 0.258 e. The van der Waals surface area contributed by atoms with E-state index in [-0.39, 0.29) is 11.5 Å². The second kappa shape index (κ2) is 8.64. The summed E-state index contributed by atoms with van der Waals surface area (Å²) in [6.07, 6.45) is 1.74. The Labute approximate surface area is 189 Å². The zero-order valence-electron chi connectivity index (χ0n) is 17.8. The molecule has 0 aliphatic carbocycles. The van der Waals surface area contributed by atoms with Crippen LogP contribution in [0.5, 0.6) is 0 Å². The van der Waals surface area contributed by atoms with Crippen LogP contribution in [0.3, 0.4) is 0 Å². The monoisotopic (exact) mass is 445 g/mol. The molecule has 32 heavy (non-hydrogen) atoms. The van der Waals surface area contributed by atoms with Crippen LogP contribution >= 0.6 is 11.3 Å². The molecule has 7 nitrogen and oxygen atoms in total. The van der Waals surface area contributed by atoms with Gasteiger partial charge in [-0.3, -0.25) is 23.9 Å². The molecule has 4 heterocycles. The Hall–Kier alpha value is -3.36. The van der Waals surface area contributed by atoms with Crippen LogP contribution in [0.15, 0.2) is 64.9 Å². The molecule has 0 radical (unpaired) electrons. The molecule has 0 saturated carbocycles. The highest BCUT2D eigenvalue weighted by Crippen LogP contribution is 2.20. The third-order valence-electron chi connectivity index (χ3n) is 5.79. The van der Waals surface area contributed by atoms with E-state index in [1.165, 1.54) is 11.3 Å². The Bertz CT molecular complexity index is 1320. The van der Waals surface area contributed by atoms with Gasteiger partial charge in [0, 0.05) is 55.9 Å². The first-order valence-electron chi connectivity index (χ1n) is 10.6. The minimum atomic E-state index is -0.0537. The van der Waals surface area contributed by atoms with E-state index in [1.807, 2.05) is 59.7 Å². The van der Waals surface area contributed by atoms with Gasteiger partial charge in [0.2, 0.25) is 0 Å². The number of piperazine rings is 1. The van der Waals surface area contributed by atoms with Crippen molar-refractivity contribution >= 4 is 22.2 Å². The van der Waals surface area contributed by atoms with Gasteiger partial charge in [-0.25, -0.2) is 4.98 Å². The molecule has 1 aliphatic rings. The Morgan fingerprint density at radius 1 is 1.03 bits per heavy atom. The number of hydrogen-bond acceptors (Lipinski definition) is 6. The summed E-state index contributed by atoms with van der Waals surface area (Å²) < 4.78 is 1.56. The summed E-state index contributed by atoms with van der Waals surface area (Å²) in [5.41, 5.74) is 4.02. The topological polar surface area (TPSA) is 70.8 Å². The van der Waals surface area contributed by atoms with Crippen LogP contribution in [0.2, 0.25) is 0 Å². The molecule has 3 aromatic heterocycles. The molecule has 1 saturated heterocycles. The van der Waals surface area contributed by atoms with Gasteiger partial charge in [0.1, 0.15) is 0 Å². The Balaban J connectivity index is 1.24. The SMILES string of the molecule is Cc1nc(-c2ccccc2)ccc1C(=O)N1CCN(Cc2cc(=O)n3ccsc3n2)CC1. The lowest BCUT2D eigenvalue weighted by Gasteiger charge is -2.34. The van der Waals surface area contributed by atoms with Gasteiger partial charge < -0.3 is 4.90 Å². The van der Waals surface area contributed by atoms with Crippen LogP contribution in [0.25, 0.3) is 16.2 Å². The minimum Gasteiger partial charge on any atom is -0.336 e. The van der Waals surface area contributed by atoms with E-state index in [0.29, 0.717) is 30.2 Å². The third-order valence-corrected chi connectivity index (χ3v) is 6.54. The summed E-state index contributed by atoms with van der Waals surface area (Å²) in [5, 5.41) is 1.86. The molecular formula is C24H23N5O2S. The molecule has 162 valence electrons. The normalized spacial score (nSPS) is 14.7. The summed E-state index contributed by atoms with van der Waals surface area (Å²) >= 11 is 1.45. The molecule has 1 aliphatic heterocycles. The van der Waals surface area contributed by atoms with Crippen LogP contribution in [0.1, 0.15) is 21.7 Å². The smallest absolute Gasteiger partial charge is 0.258 e. The Morgan fingerprint density at radius 3 is 2.56 bits per heavy atom. The number of pyridine rings is 1.